The number of hydrogen-bond donors (Lipinski definition) is 0. The van der Waals surface area contributed by atoms with E-state index in [1.165, 1.54) is 5.56 Å². The Morgan fingerprint density at radius 2 is 2.24 bits per heavy atom. The highest BCUT2D eigenvalue weighted by atomic mass is 79.9. The number of halogens is 1. The van der Waals surface area contributed by atoms with Crippen LogP contribution in [-0.4, -0.2) is 55.5 Å². The number of carbonyl (C=O) groups is 1. The molecule has 1 atom stereocenters. The van der Waals surface area contributed by atoms with Gasteiger partial charge in [0.25, 0.3) is 0 Å². The summed E-state index contributed by atoms with van der Waals surface area (Å²) in [6.45, 7) is 4.62. The van der Waals surface area contributed by atoms with Crippen LogP contribution in [0.15, 0.2) is 22.7 Å². The van der Waals surface area contributed by atoms with E-state index in [9.17, 15) is 4.79 Å². The van der Waals surface area contributed by atoms with Gasteiger partial charge in [-0.15, -0.1) is 0 Å². The molecule has 1 aromatic carbocycles. The average molecular weight is 355 g/mol. The zero-order valence-corrected chi connectivity index (χ0v) is 14.5. The van der Waals surface area contributed by atoms with Crippen LogP contribution < -0.4 is 4.74 Å². The Labute approximate surface area is 135 Å². The lowest BCUT2D eigenvalue weighted by molar-refractivity contribution is -0.131. The quantitative estimate of drug-likeness (QED) is 0.786. The number of likely N-dealkylation sites (tertiary alicyclic amines) is 1. The van der Waals surface area contributed by atoms with E-state index in [4.69, 9.17) is 4.74 Å². The van der Waals surface area contributed by atoms with Crippen LogP contribution in [0.4, 0.5) is 0 Å². The maximum absolute atomic E-state index is 12.2. The molecule has 1 fully saturated rings. The maximum Gasteiger partial charge on any atom is 0.239 e. The van der Waals surface area contributed by atoms with Crippen molar-refractivity contribution >= 4 is 21.8 Å². The Kier molecular flexibility index (Phi) is 5.65. The molecule has 1 aliphatic heterocycles. The van der Waals surface area contributed by atoms with Crippen molar-refractivity contribution in [3.63, 3.8) is 0 Å². The molecule has 0 spiro atoms. The molecule has 0 N–H and O–H groups in total. The van der Waals surface area contributed by atoms with Crippen LogP contribution in [0.5, 0.6) is 5.75 Å². The van der Waals surface area contributed by atoms with Gasteiger partial charge >= 0.3 is 0 Å². The zero-order valence-electron chi connectivity index (χ0n) is 12.9. The summed E-state index contributed by atoms with van der Waals surface area (Å²) in [5.74, 6) is 1.12. The van der Waals surface area contributed by atoms with Crippen LogP contribution in [0.25, 0.3) is 0 Å². The molecule has 1 heterocycles. The minimum absolute atomic E-state index is 0.0478. The minimum Gasteiger partial charge on any atom is -0.496 e. The third kappa shape index (κ3) is 3.77. The number of hydrogen-bond acceptors (Lipinski definition) is 3. The van der Waals surface area contributed by atoms with E-state index in [0.29, 0.717) is 0 Å². The predicted molar refractivity (Wildman–Crippen MR) is 87.7 cm³/mol. The van der Waals surface area contributed by atoms with Gasteiger partial charge in [0.15, 0.2) is 0 Å². The predicted octanol–water partition coefficient (Wildman–Crippen LogP) is 2.55. The summed E-state index contributed by atoms with van der Waals surface area (Å²) in [4.78, 5) is 16.3. The van der Waals surface area contributed by atoms with Crippen molar-refractivity contribution in [3.8, 4) is 5.75 Å². The summed E-state index contributed by atoms with van der Waals surface area (Å²) >= 11 is 3.51. The number of nitrogens with zero attached hydrogens (tertiary/aromatic N) is 2. The first-order valence-corrected chi connectivity index (χ1v) is 8.17. The van der Waals surface area contributed by atoms with E-state index >= 15 is 0 Å². The Balaban J connectivity index is 1.91. The minimum atomic E-state index is 0.0478. The van der Waals surface area contributed by atoms with Gasteiger partial charge in [0.2, 0.25) is 5.91 Å². The third-order valence-electron chi connectivity index (χ3n) is 4.15. The number of likely N-dealkylation sites (N-methyl/N-ethyl adjacent to an activating group) is 2. The molecule has 1 aliphatic rings. The van der Waals surface area contributed by atoms with Gasteiger partial charge in [-0.25, -0.2) is 0 Å². The van der Waals surface area contributed by atoms with Crippen LogP contribution >= 0.6 is 15.9 Å². The number of carbonyl (C=O) groups excluding carboxylic acids is 1. The number of benzene rings is 1. The lowest BCUT2D eigenvalue weighted by atomic mass is 10.1. The van der Waals surface area contributed by atoms with Crippen LogP contribution in [-0.2, 0) is 11.2 Å². The molecule has 0 aromatic heterocycles. The first-order chi connectivity index (χ1) is 10.1. The van der Waals surface area contributed by atoms with Gasteiger partial charge in [-0.3, -0.25) is 9.69 Å². The molecule has 116 valence electrons. The summed E-state index contributed by atoms with van der Waals surface area (Å²) in [5.41, 5.74) is 1.24. The molecule has 21 heavy (non-hydrogen) atoms. The highest BCUT2D eigenvalue weighted by molar-refractivity contribution is 9.10. The molecular weight excluding hydrogens is 332 g/mol. The third-order valence-corrected chi connectivity index (χ3v) is 4.77. The van der Waals surface area contributed by atoms with Crippen molar-refractivity contribution in [1.82, 2.24) is 9.80 Å². The normalized spacial score (nSPS) is 18.6. The number of amides is 1. The molecule has 0 aliphatic carbocycles. The zero-order chi connectivity index (χ0) is 15.4. The first kappa shape index (κ1) is 16.3. The Morgan fingerprint density at radius 1 is 1.48 bits per heavy atom. The molecule has 1 amide bonds. The molecule has 5 heteroatoms. The molecule has 1 unspecified atom stereocenters. The van der Waals surface area contributed by atoms with E-state index in [2.05, 4.69) is 33.0 Å². The van der Waals surface area contributed by atoms with E-state index in [-0.39, 0.29) is 11.9 Å². The van der Waals surface area contributed by atoms with Crippen molar-refractivity contribution in [3.05, 3.63) is 28.2 Å². The largest absolute Gasteiger partial charge is 0.496 e. The fourth-order valence-corrected chi connectivity index (χ4v) is 3.36. The Bertz CT molecular complexity index is 507. The lowest BCUT2D eigenvalue weighted by Gasteiger charge is -2.23. The van der Waals surface area contributed by atoms with Gasteiger partial charge in [0.05, 0.1) is 17.6 Å². The fraction of sp³-hybridized carbons (Fsp3) is 0.562. The fourth-order valence-electron chi connectivity index (χ4n) is 2.77. The monoisotopic (exact) mass is 354 g/mol. The Morgan fingerprint density at radius 3 is 2.81 bits per heavy atom. The van der Waals surface area contributed by atoms with Crippen LogP contribution in [0.2, 0.25) is 0 Å². The Hall–Kier alpha value is -1.07. The molecule has 2 rings (SSSR count). The number of methoxy groups -OCH3 is 1. The van der Waals surface area contributed by atoms with Crippen molar-refractivity contribution in [2.45, 2.75) is 25.8 Å². The summed E-state index contributed by atoms with van der Waals surface area (Å²) < 4.78 is 6.21. The van der Waals surface area contributed by atoms with Gasteiger partial charge in [0.1, 0.15) is 5.75 Å². The van der Waals surface area contributed by atoms with Gasteiger partial charge < -0.3 is 9.64 Å². The molecule has 4 nitrogen and oxygen atoms in total. The van der Waals surface area contributed by atoms with Crippen LogP contribution in [0, 0.1) is 0 Å². The second-order valence-corrected chi connectivity index (χ2v) is 6.28. The molecular formula is C16H23BrN2O2. The highest BCUT2D eigenvalue weighted by Gasteiger charge is 2.33. The van der Waals surface area contributed by atoms with Gasteiger partial charge in [-0.1, -0.05) is 6.07 Å². The van der Waals surface area contributed by atoms with Crippen LogP contribution in [0.1, 0.15) is 18.9 Å². The average Bonchev–Trinajstić information content (AvgIpc) is 2.86. The van der Waals surface area contributed by atoms with E-state index in [1.807, 2.05) is 24.9 Å². The molecule has 0 radical (unpaired) electrons. The molecule has 1 aromatic rings. The lowest BCUT2D eigenvalue weighted by Crippen LogP contribution is -2.40. The van der Waals surface area contributed by atoms with E-state index < -0.39 is 0 Å². The summed E-state index contributed by atoms with van der Waals surface area (Å²) in [5, 5.41) is 0. The summed E-state index contributed by atoms with van der Waals surface area (Å²) in [7, 11) is 3.71. The standard InChI is InChI=1S/C16H23BrN2O2/c1-4-19-10-8-14(16(19)20)18(2)9-7-12-5-6-15(21-3)13(17)11-12/h5-6,11,14H,4,7-10H2,1-3H3. The van der Waals surface area contributed by atoms with E-state index in [1.54, 1.807) is 7.11 Å². The topological polar surface area (TPSA) is 32.8 Å². The van der Waals surface area contributed by atoms with Crippen molar-refractivity contribution in [1.29, 1.82) is 0 Å². The first-order valence-electron chi connectivity index (χ1n) is 7.38. The maximum atomic E-state index is 12.2. The second kappa shape index (κ2) is 7.27. The van der Waals surface area contributed by atoms with Crippen LogP contribution in [0.3, 0.4) is 0 Å². The summed E-state index contributed by atoms with van der Waals surface area (Å²) in [6, 6.07) is 6.18. The number of rotatable bonds is 6. The van der Waals surface area contributed by atoms with Gasteiger partial charge in [-0.2, -0.15) is 0 Å². The van der Waals surface area contributed by atoms with E-state index in [0.717, 1.165) is 42.7 Å². The van der Waals surface area contributed by atoms with Crippen molar-refractivity contribution in [2.24, 2.45) is 0 Å². The summed E-state index contributed by atoms with van der Waals surface area (Å²) in [6.07, 6.45) is 1.87. The smallest absolute Gasteiger partial charge is 0.239 e. The highest BCUT2D eigenvalue weighted by Crippen LogP contribution is 2.26. The number of ether oxygens (including phenoxy) is 1. The molecule has 0 bridgehead atoms. The van der Waals surface area contributed by atoms with Crippen molar-refractivity contribution in [2.75, 3.05) is 33.8 Å². The molecule has 1 saturated heterocycles. The van der Waals surface area contributed by atoms with Gasteiger partial charge in [-0.05, 0) is 60.4 Å². The van der Waals surface area contributed by atoms with Crippen molar-refractivity contribution < 1.29 is 9.53 Å². The SMILES string of the molecule is CCN1CCC(N(C)CCc2ccc(OC)c(Br)c2)C1=O. The second-order valence-electron chi connectivity index (χ2n) is 5.42. The molecule has 0 saturated carbocycles. The van der Waals surface area contributed by atoms with Gasteiger partial charge in [0, 0.05) is 19.6 Å².